The van der Waals surface area contributed by atoms with Crippen LogP contribution in [0.1, 0.15) is 31.4 Å². The summed E-state index contributed by atoms with van der Waals surface area (Å²) in [5.74, 6) is 0.853. The van der Waals surface area contributed by atoms with Gasteiger partial charge in [0.05, 0.1) is 0 Å². The van der Waals surface area contributed by atoms with Gasteiger partial charge in [-0.05, 0) is 32.5 Å². The predicted octanol–water partition coefficient (Wildman–Crippen LogP) is 0.220. The fraction of sp³-hybridized carbons (Fsp3) is 0.600. The molecule has 0 N–H and O–H groups in total. The van der Waals surface area contributed by atoms with E-state index in [4.69, 9.17) is 5.32 Å². The van der Waals surface area contributed by atoms with Gasteiger partial charge in [0.2, 0.25) is 0 Å². The van der Waals surface area contributed by atoms with Gasteiger partial charge in [0.15, 0.2) is 0 Å². The SMILES string of the molecule is C[C@@H]([N-][C@@H]1CN2CCC1CC2)c1ccccc1.[Li+]. The van der Waals surface area contributed by atoms with E-state index in [0.29, 0.717) is 12.1 Å². The van der Waals surface area contributed by atoms with Crippen LogP contribution in [0.25, 0.3) is 5.32 Å². The third kappa shape index (κ3) is 3.00. The molecule has 3 aliphatic rings. The van der Waals surface area contributed by atoms with Crippen molar-refractivity contribution in [3.05, 3.63) is 41.2 Å². The molecule has 2 bridgehead atoms. The van der Waals surface area contributed by atoms with Crippen LogP contribution < -0.4 is 18.9 Å². The van der Waals surface area contributed by atoms with Gasteiger partial charge < -0.3 is 10.2 Å². The van der Waals surface area contributed by atoms with Crippen LogP contribution in [0.4, 0.5) is 0 Å². The van der Waals surface area contributed by atoms with E-state index in [1.54, 1.807) is 0 Å². The normalized spacial score (nSPS) is 31.7. The average molecular weight is 236 g/mol. The summed E-state index contributed by atoms with van der Waals surface area (Å²) in [4.78, 5) is 2.58. The van der Waals surface area contributed by atoms with E-state index in [1.165, 1.54) is 38.0 Å². The molecular weight excluding hydrogens is 215 g/mol. The molecule has 92 valence electrons. The second-order valence-corrected chi connectivity index (χ2v) is 5.44. The zero-order chi connectivity index (χ0) is 11.7. The third-order valence-corrected chi connectivity index (χ3v) is 4.32. The maximum atomic E-state index is 5.05. The first kappa shape index (κ1) is 14.2. The Hall–Kier alpha value is -0.263. The van der Waals surface area contributed by atoms with Gasteiger partial charge in [-0.3, -0.25) is 0 Å². The van der Waals surface area contributed by atoms with Crippen molar-refractivity contribution in [2.45, 2.75) is 31.8 Å². The van der Waals surface area contributed by atoms with Crippen molar-refractivity contribution in [1.82, 2.24) is 4.90 Å². The number of benzene rings is 1. The van der Waals surface area contributed by atoms with Crippen molar-refractivity contribution >= 4 is 0 Å². The predicted molar refractivity (Wildman–Crippen MR) is 71.2 cm³/mol. The average Bonchev–Trinajstić information content (AvgIpc) is 2.41. The Bertz CT molecular complexity index is 360. The second kappa shape index (κ2) is 6.26. The van der Waals surface area contributed by atoms with Crippen molar-refractivity contribution in [2.24, 2.45) is 5.92 Å². The zero-order valence-electron chi connectivity index (χ0n) is 11.5. The fourth-order valence-electron chi connectivity index (χ4n) is 3.21. The van der Waals surface area contributed by atoms with Crippen LogP contribution in [-0.4, -0.2) is 30.6 Å². The van der Waals surface area contributed by atoms with Gasteiger partial charge in [-0.2, -0.15) is 0 Å². The number of piperidine rings is 3. The molecule has 3 fully saturated rings. The van der Waals surface area contributed by atoms with Gasteiger partial charge in [-0.25, -0.2) is 0 Å². The molecule has 0 amide bonds. The summed E-state index contributed by atoms with van der Waals surface area (Å²) in [5.41, 5.74) is 1.35. The minimum absolute atomic E-state index is 0. The topological polar surface area (TPSA) is 17.3 Å². The summed E-state index contributed by atoms with van der Waals surface area (Å²) in [7, 11) is 0. The van der Waals surface area contributed by atoms with E-state index in [2.05, 4.69) is 42.2 Å². The van der Waals surface area contributed by atoms with Crippen LogP contribution in [0.15, 0.2) is 30.3 Å². The quantitative estimate of drug-likeness (QED) is 0.686. The van der Waals surface area contributed by atoms with Crippen molar-refractivity contribution in [3.8, 4) is 0 Å². The molecule has 3 heteroatoms. The van der Waals surface area contributed by atoms with Crippen LogP contribution in [-0.2, 0) is 0 Å². The van der Waals surface area contributed by atoms with E-state index in [-0.39, 0.29) is 18.9 Å². The smallest absolute Gasteiger partial charge is 0.652 e. The van der Waals surface area contributed by atoms with Gasteiger partial charge >= 0.3 is 18.9 Å². The molecule has 18 heavy (non-hydrogen) atoms. The fourth-order valence-corrected chi connectivity index (χ4v) is 3.21. The van der Waals surface area contributed by atoms with Crippen molar-refractivity contribution < 1.29 is 18.9 Å². The van der Waals surface area contributed by atoms with Crippen molar-refractivity contribution in [3.63, 3.8) is 0 Å². The number of hydrogen-bond donors (Lipinski definition) is 0. The summed E-state index contributed by atoms with van der Waals surface area (Å²) in [6.45, 7) is 6.03. The summed E-state index contributed by atoms with van der Waals surface area (Å²) in [6.07, 6.45) is 2.71. The van der Waals surface area contributed by atoms with Crippen molar-refractivity contribution in [1.29, 1.82) is 0 Å². The van der Waals surface area contributed by atoms with E-state index < -0.39 is 0 Å². The van der Waals surface area contributed by atoms with Crippen LogP contribution >= 0.6 is 0 Å². The Morgan fingerprint density at radius 1 is 1.17 bits per heavy atom. The van der Waals surface area contributed by atoms with Gasteiger partial charge in [-0.15, -0.1) is 12.1 Å². The minimum atomic E-state index is 0. The number of hydrogen-bond acceptors (Lipinski definition) is 1. The van der Waals surface area contributed by atoms with Crippen LogP contribution in [0, 0.1) is 5.92 Å². The maximum absolute atomic E-state index is 5.05. The molecule has 0 unspecified atom stereocenters. The molecule has 3 heterocycles. The summed E-state index contributed by atoms with van der Waals surface area (Å²) >= 11 is 0. The molecule has 2 nitrogen and oxygen atoms in total. The Labute approximate surface area is 122 Å². The molecule has 1 aromatic carbocycles. The number of nitrogens with zero attached hydrogens (tertiary/aromatic N) is 2. The van der Waals surface area contributed by atoms with E-state index in [9.17, 15) is 0 Å². The first-order valence-corrected chi connectivity index (χ1v) is 6.80. The molecule has 2 atom stereocenters. The zero-order valence-corrected chi connectivity index (χ0v) is 11.5. The molecule has 3 aliphatic heterocycles. The molecular formula is C15H21LiN2. The van der Waals surface area contributed by atoms with Gasteiger partial charge in [0, 0.05) is 0 Å². The first-order valence-electron chi connectivity index (χ1n) is 6.80. The number of rotatable bonds is 3. The minimum Gasteiger partial charge on any atom is -0.652 e. The molecule has 0 radical (unpaired) electrons. The molecule has 0 aliphatic carbocycles. The van der Waals surface area contributed by atoms with E-state index >= 15 is 0 Å². The molecule has 0 aromatic heterocycles. The largest absolute Gasteiger partial charge is 1.00 e. The molecule has 1 aromatic rings. The first-order chi connectivity index (χ1) is 8.33. The Morgan fingerprint density at radius 2 is 1.83 bits per heavy atom. The van der Waals surface area contributed by atoms with Gasteiger partial charge in [-0.1, -0.05) is 48.7 Å². The Kier molecular flexibility index (Phi) is 4.92. The van der Waals surface area contributed by atoms with Crippen LogP contribution in [0.2, 0.25) is 0 Å². The molecule has 4 rings (SSSR count). The van der Waals surface area contributed by atoms with Gasteiger partial charge in [0.1, 0.15) is 0 Å². The molecule has 0 spiro atoms. The number of fused-ring (bicyclic) bond motifs is 3. The van der Waals surface area contributed by atoms with Gasteiger partial charge in [0.25, 0.3) is 0 Å². The standard InChI is InChI=1S/C15H21N2.Li/c1-12(13-5-3-2-4-6-13)16-15-11-17-9-7-14(15)8-10-17;/h2-6,12,14-15H,7-11H2,1H3;/q-1;+1/t12-,15-;/m1./s1. The summed E-state index contributed by atoms with van der Waals surface area (Å²) in [5, 5.41) is 5.05. The molecule has 0 saturated carbocycles. The molecule has 3 saturated heterocycles. The Morgan fingerprint density at radius 3 is 2.39 bits per heavy atom. The maximum Gasteiger partial charge on any atom is 1.00 e. The Balaban J connectivity index is 0.00000120. The van der Waals surface area contributed by atoms with E-state index in [0.717, 1.165) is 5.92 Å². The summed E-state index contributed by atoms with van der Waals surface area (Å²) in [6, 6.07) is 11.6. The second-order valence-electron chi connectivity index (χ2n) is 5.44. The third-order valence-electron chi connectivity index (χ3n) is 4.32. The van der Waals surface area contributed by atoms with Crippen LogP contribution in [0.3, 0.4) is 0 Å². The summed E-state index contributed by atoms with van der Waals surface area (Å²) < 4.78 is 0. The van der Waals surface area contributed by atoms with Crippen molar-refractivity contribution in [2.75, 3.05) is 19.6 Å². The van der Waals surface area contributed by atoms with E-state index in [1.807, 2.05) is 0 Å². The monoisotopic (exact) mass is 236 g/mol. The van der Waals surface area contributed by atoms with Crippen LogP contribution in [0.5, 0.6) is 0 Å².